The van der Waals surface area contributed by atoms with Crippen LogP contribution < -0.4 is 5.32 Å². The van der Waals surface area contributed by atoms with E-state index < -0.39 is 0 Å². The average Bonchev–Trinajstić information content (AvgIpc) is 3.24. The fraction of sp³-hybridized carbons (Fsp3) is 0.0526. The van der Waals surface area contributed by atoms with Gasteiger partial charge in [0.2, 0.25) is 5.89 Å². The van der Waals surface area contributed by atoms with Crippen molar-refractivity contribution in [2.75, 3.05) is 5.32 Å². The van der Waals surface area contributed by atoms with E-state index in [4.69, 9.17) is 4.42 Å². The molecule has 0 unspecified atom stereocenters. The molecule has 4 rings (SSSR count). The molecule has 0 fully saturated rings. The van der Waals surface area contributed by atoms with Crippen LogP contribution in [0.5, 0.6) is 0 Å². The number of aromatic nitrogens is 1. The predicted molar refractivity (Wildman–Crippen MR) is 96.5 cm³/mol. The second-order valence-electron chi connectivity index (χ2n) is 5.50. The number of amides is 1. The van der Waals surface area contributed by atoms with E-state index in [1.54, 1.807) is 6.07 Å². The number of carbonyl (C=O) groups excluding carboxylic acids is 1. The molecule has 0 saturated carbocycles. The van der Waals surface area contributed by atoms with Gasteiger partial charge in [-0.15, -0.1) is 11.3 Å². The molecule has 0 radical (unpaired) electrons. The summed E-state index contributed by atoms with van der Waals surface area (Å²) in [6, 6.07) is 17.1. The smallest absolute Gasteiger partial charge is 0.265 e. The van der Waals surface area contributed by atoms with Crippen LogP contribution in [0.1, 0.15) is 15.2 Å². The maximum absolute atomic E-state index is 12.2. The van der Waals surface area contributed by atoms with Crippen molar-refractivity contribution in [1.29, 1.82) is 0 Å². The molecule has 2 aromatic carbocycles. The summed E-state index contributed by atoms with van der Waals surface area (Å²) in [5.41, 5.74) is 4.25. The van der Waals surface area contributed by atoms with Gasteiger partial charge in [0.05, 0.1) is 4.88 Å². The summed E-state index contributed by atoms with van der Waals surface area (Å²) < 4.78 is 5.85. The Morgan fingerprint density at radius 1 is 1.12 bits per heavy atom. The van der Waals surface area contributed by atoms with Gasteiger partial charge < -0.3 is 9.73 Å². The summed E-state index contributed by atoms with van der Waals surface area (Å²) in [7, 11) is 0. The minimum atomic E-state index is -0.115. The van der Waals surface area contributed by atoms with Crippen LogP contribution in [0.2, 0.25) is 0 Å². The van der Waals surface area contributed by atoms with Gasteiger partial charge in [-0.2, -0.15) is 0 Å². The van der Waals surface area contributed by atoms with Crippen molar-refractivity contribution >= 4 is 34.0 Å². The van der Waals surface area contributed by atoms with Crippen LogP contribution in [0.15, 0.2) is 64.4 Å². The third kappa shape index (κ3) is 2.81. The molecule has 0 atom stereocenters. The van der Waals surface area contributed by atoms with Crippen LogP contribution in [0.3, 0.4) is 0 Å². The van der Waals surface area contributed by atoms with Crippen molar-refractivity contribution in [1.82, 2.24) is 4.98 Å². The molecule has 0 bridgehead atoms. The van der Waals surface area contributed by atoms with Gasteiger partial charge in [0.25, 0.3) is 5.91 Å². The van der Waals surface area contributed by atoms with E-state index in [0.29, 0.717) is 16.5 Å². The van der Waals surface area contributed by atoms with Gasteiger partial charge >= 0.3 is 0 Å². The maximum atomic E-state index is 12.2. The molecule has 118 valence electrons. The number of hydrogen-bond acceptors (Lipinski definition) is 4. The standard InChI is InChI=1S/C19H14N2O2S/c1-12-7-8-15-16(10-12)23-19(21-15)13-4-2-5-14(11-13)20-18(22)17-6-3-9-24-17/h2-11H,1H3,(H,20,22). The number of anilines is 1. The van der Waals surface area contributed by atoms with Gasteiger partial charge in [-0.25, -0.2) is 4.98 Å². The zero-order valence-corrected chi connectivity index (χ0v) is 13.8. The van der Waals surface area contributed by atoms with E-state index in [9.17, 15) is 4.79 Å². The van der Waals surface area contributed by atoms with Crippen molar-refractivity contribution in [2.45, 2.75) is 6.92 Å². The van der Waals surface area contributed by atoms with Crippen LogP contribution in [0.4, 0.5) is 5.69 Å². The highest BCUT2D eigenvalue weighted by molar-refractivity contribution is 7.12. The number of rotatable bonds is 3. The van der Waals surface area contributed by atoms with Gasteiger partial charge in [-0.05, 0) is 54.3 Å². The number of nitrogens with zero attached hydrogens (tertiary/aromatic N) is 1. The van der Waals surface area contributed by atoms with Gasteiger partial charge in [0, 0.05) is 11.3 Å². The Morgan fingerprint density at radius 3 is 2.88 bits per heavy atom. The topological polar surface area (TPSA) is 55.1 Å². The third-order valence-electron chi connectivity index (χ3n) is 3.66. The quantitative estimate of drug-likeness (QED) is 0.566. The van der Waals surface area contributed by atoms with E-state index >= 15 is 0 Å². The van der Waals surface area contributed by atoms with E-state index in [-0.39, 0.29) is 5.91 Å². The fourth-order valence-corrected chi connectivity index (χ4v) is 3.10. The molecule has 0 aliphatic carbocycles. The van der Waals surface area contributed by atoms with Crippen LogP contribution >= 0.6 is 11.3 Å². The first-order valence-corrected chi connectivity index (χ1v) is 8.39. The van der Waals surface area contributed by atoms with E-state index in [1.165, 1.54) is 11.3 Å². The lowest BCUT2D eigenvalue weighted by atomic mass is 10.2. The van der Waals surface area contributed by atoms with Crippen LogP contribution in [0, 0.1) is 6.92 Å². The van der Waals surface area contributed by atoms with E-state index in [2.05, 4.69) is 10.3 Å². The summed E-state index contributed by atoms with van der Waals surface area (Å²) in [6.07, 6.45) is 0. The first kappa shape index (κ1) is 14.7. The molecule has 1 N–H and O–H groups in total. The molecule has 0 spiro atoms. The first-order valence-electron chi connectivity index (χ1n) is 7.51. The predicted octanol–water partition coefficient (Wildman–Crippen LogP) is 5.12. The Labute approximate surface area is 142 Å². The summed E-state index contributed by atoms with van der Waals surface area (Å²) in [5, 5.41) is 4.78. The number of oxazole rings is 1. The summed E-state index contributed by atoms with van der Waals surface area (Å²) in [6.45, 7) is 2.02. The molecule has 2 heterocycles. The molecule has 0 aliphatic heterocycles. The molecule has 0 aliphatic rings. The number of benzene rings is 2. The van der Waals surface area contributed by atoms with E-state index in [0.717, 1.165) is 22.2 Å². The lowest BCUT2D eigenvalue weighted by Gasteiger charge is -2.04. The van der Waals surface area contributed by atoms with Crippen LogP contribution in [-0.4, -0.2) is 10.9 Å². The van der Waals surface area contributed by atoms with Crippen LogP contribution in [0.25, 0.3) is 22.6 Å². The SMILES string of the molecule is Cc1ccc2nc(-c3cccc(NC(=O)c4cccs4)c3)oc2c1. The highest BCUT2D eigenvalue weighted by Crippen LogP contribution is 2.27. The zero-order chi connectivity index (χ0) is 16.5. The Bertz CT molecular complexity index is 1020. The van der Waals surface area contributed by atoms with E-state index in [1.807, 2.05) is 60.8 Å². The van der Waals surface area contributed by atoms with Crippen molar-refractivity contribution in [3.8, 4) is 11.5 Å². The van der Waals surface area contributed by atoms with Crippen molar-refractivity contribution in [3.05, 3.63) is 70.4 Å². The van der Waals surface area contributed by atoms with Crippen LogP contribution in [-0.2, 0) is 0 Å². The van der Waals surface area contributed by atoms with Gasteiger partial charge in [-0.3, -0.25) is 4.79 Å². The Balaban J connectivity index is 1.65. The molecule has 4 aromatic rings. The second-order valence-corrected chi connectivity index (χ2v) is 6.45. The number of hydrogen-bond donors (Lipinski definition) is 1. The Kier molecular flexibility index (Phi) is 3.63. The highest BCUT2D eigenvalue weighted by Gasteiger charge is 2.11. The first-order chi connectivity index (χ1) is 11.7. The largest absolute Gasteiger partial charge is 0.436 e. The molecule has 1 amide bonds. The second kappa shape index (κ2) is 5.94. The monoisotopic (exact) mass is 334 g/mol. The van der Waals surface area contributed by atoms with Gasteiger partial charge in [-0.1, -0.05) is 18.2 Å². The molecular weight excluding hydrogens is 320 g/mol. The van der Waals surface area contributed by atoms with Crippen molar-refractivity contribution < 1.29 is 9.21 Å². The molecule has 5 heteroatoms. The fourth-order valence-electron chi connectivity index (χ4n) is 2.49. The summed E-state index contributed by atoms with van der Waals surface area (Å²) >= 11 is 1.41. The maximum Gasteiger partial charge on any atom is 0.265 e. The Hall–Kier alpha value is -2.92. The number of aryl methyl sites for hydroxylation is 1. The molecule has 24 heavy (non-hydrogen) atoms. The average molecular weight is 334 g/mol. The summed E-state index contributed by atoms with van der Waals surface area (Å²) in [4.78, 5) is 17.4. The molecule has 2 aromatic heterocycles. The molecular formula is C19H14N2O2S. The minimum Gasteiger partial charge on any atom is -0.436 e. The number of thiophene rings is 1. The van der Waals surface area contributed by atoms with Crippen molar-refractivity contribution in [3.63, 3.8) is 0 Å². The van der Waals surface area contributed by atoms with Gasteiger partial charge in [0.15, 0.2) is 5.58 Å². The summed E-state index contributed by atoms with van der Waals surface area (Å²) in [5.74, 6) is 0.429. The zero-order valence-electron chi connectivity index (χ0n) is 12.9. The molecule has 0 saturated heterocycles. The lowest BCUT2D eigenvalue weighted by molar-refractivity contribution is 0.103. The Morgan fingerprint density at radius 2 is 2.04 bits per heavy atom. The van der Waals surface area contributed by atoms with Crippen molar-refractivity contribution in [2.24, 2.45) is 0 Å². The number of nitrogens with one attached hydrogen (secondary N) is 1. The number of fused-ring (bicyclic) bond motifs is 1. The highest BCUT2D eigenvalue weighted by atomic mass is 32.1. The normalized spacial score (nSPS) is 10.9. The number of carbonyl (C=O) groups is 1. The minimum absolute atomic E-state index is 0.115. The third-order valence-corrected chi connectivity index (χ3v) is 4.52. The molecule has 4 nitrogen and oxygen atoms in total. The lowest BCUT2D eigenvalue weighted by Crippen LogP contribution is -2.09. The van der Waals surface area contributed by atoms with Gasteiger partial charge in [0.1, 0.15) is 5.52 Å².